The van der Waals surface area contributed by atoms with Crippen LogP contribution in [0.4, 0.5) is 0 Å². The second-order valence-electron chi connectivity index (χ2n) is 7.05. The van der Waals surface area contributed by atoms with Crippen LogP contribution in [0.15, 0.2) is 60.9 Å². The first-order valence-corrected chi connectivity index (χ1v) is 9.19. The zero-order valence-electron chi connectivity index (χ0n) is 15.7. The highest BCUT2D eigenvalue weighted by Gasteiger charge is 2.32. The molecule has 3 atom stereocenters. The fourth-order valence-electron chi connectivity index (χ4n) is 3.57. The molecule has 1 N–H and O–H groups in total. The molecule has 138 valence electrons. The fourth-order valence-corrected chi connectivity index (χ4v) is 3.57. The summed E-state index contributed by atoms with van der Waals surface area (Å²) in [6.45, 7) is 4.16. The van der Waals surface area contributed by atoms with Crippen LogP contribution in [-0.2, 0) is 7.05 Å². The lowest BCUT2D eigenvalue weighted by Crippen LogP contribution is -2.31. The molecular weight excluding hydrogens is 338 g/mol. The number of imidazole rings is 1. The van der Waals surface area contributed by atoms with Crippen LogP contribution in [0.3, 0.4) is 0 Å². The van der Waals surface area contributed by atoms with Gasteiger partial charge in [-0.15, -0.1) is 0 Å². The number of nitrogens with one attached hydrogen (secondary N) is 1. The van der Waals surface area contributed by atoms with Gasteiger partial charge in [-0.25, -0.2) is 4.98 Å². The van der Waals surface area contributed by atoms with Gasteiger partial charge in [-0.1, -0.05) is 49.4 Å². The number of para-hydroxylation sites is 1. The van der Waals surface area contributed by atoms with Gasteiger partial charge in [0, 0.05) is 30.9 Å². The Balaban J connectivity index is 1.69. The molecule has 3 unspecified atom stereocenters. The molecule has 1 aliphatic rings. The van der Waals surface area contributed by atoms with Gasteiger partial charge in [0.25, 0.3) is 5.91 Å². The fraction of sp³-hybridized carbons (Fsp3) is 0.273. The minimum Gasteiger partial charge on any atom is -0.489 e. The molecule has 27 heavy (non-hydrogen) atoms. The quantitative estimate of drug-likeness (QED) is 0.768. The summed E-state index contributed by atoms with van der Waals surface area (Å²) in [5, 5.41) is 3.15. The Morgan fingerprint density at radius 1 is 1.15 bits per heavy atom. The molecule has 0 aliphatic carbocycles. The van der Waals surface area contributed by atoms with Gasteiger partial charge in [-0.3, -0.25) is 4.79 Å². The maximum Gasteiger partial charge on any atom is 0.255 e. The van der Waals surface area contributed by atoms with Crippen molar-refractivity contribution in [2.75, 3.05) is 0 Å². The van der Waals surface area contributed by atoms with E-state index in [2.05, 4.69) is 17.2 Å². The summed E-state index contributed by atoms with van der Waals surface area (Å²) in [4.78, 5) is 17.6. The molecule has 4 rings (SSSR count). The van der Waals surface area contributed by atoms with Crippen LogP contribution in [0.2, 0.25) is 0 Å². The van der Waals surface area contributed by atoms with E-state index < -0.39 is 0 Å². The van der Waals surface area contributed by atoms with Crippen molar-refractivity contribution >= 4 is 5.91 Å². The number of aromatic nitrogens is 2. The average Bonchev–Trinajstić information content (AvgIpc) is 3.23. The lowest BCUT2D eigenvalue weighted by molar-refractivity contribution is 0.0936. The van der Waals surface area contributed by atoms with E-state index in [1.165, 1.54) is 0 Å². The lowest BCUT2D eigenvalue weighted by atomic mass is 9.96. The Kier molecular flexibility index (Phi) is 4.44. The first kappa shape index (κ1) is 17.3. The Morgan fingerprint density at radius 3 is 2.63 bits per heavy atom. The summed E-state index contributed by atoms with van der Waals surface area (Å²) < 4.78 is 7.92. The molecule has 1 aromatic heterocycles. The highest BCUT2D eigenvalue weighted by atomic mass is 16.5. The van der Waals surface area contributed by atoms with E-state index in [0.29, 0.717) is 11.3 Å². The highest BCUT2D eigenvalue weighted by Crippen LogP contribution is 2.40. The van der Waals surface area contributed by atoms with Crippen molar-refractivity contribution in [3.63, 3.8) is 0 Å². The predicted molar refractivity (Wildman–Crippen MR) is 104 cm³/mol. The number of benzene rings is 2. The largest absolute Gasteiger partial charge is 0.489 e. The smallest absolute Gasteiger partial charge is 0.255 e. The number of carbonyl (C=O) groups is 1. The van der Waals surface area contributed by atoms with Crippen molar-refractivity contribution in [3.05, 3.63) is 83.4 Å². The monoisotopic (exact) mass is 361 g/mol. The molecule has 0 bridgehead atoms. The second-order valence-corrected chi connectivity index (χ2v) is 7.05. The Labute approximate surface area is 159 Å². The number of aryl methyl sites for hydroxylation is 1. The third kappa shape index (κ3) is 3.10. The molecule has 5 nitrogen and oxygen atoms in total. The maximum absolute atomic E-state index is 13.2. The van der Waals surface area contributed by atoms with Gasteiger partial charge in [0.2, 0.25) is 0 Å². The maximum atomic E-state index is 13.2. The molecule has 0 spiro atoms. The van der Waals surface area contributed by atoms with E-state index in [1.807, 2.05) is 73.3 Å². The average molecular weight is 361 g/mol. The zero-order valence-corrected chi connectivity index (χ0v) is 15.7. The van der Waals surface area contributed by atoms with E-state index in [0.717, 1.165) is 17.0 Å². The molecule has 0 fully saturated rings. The van der Waals surface area contributed by atoms with Crippen molar-refractivity contribution in [1.29, 1.82) is 0 Å². The first-order chi connectivity index (χ1) is 13.1. The molecule has 0 saturated carbocycles. The van der Waals surface area contributed by atoms with Crippen molar-refractivity contribution in [3.8, 4) is 5.75 Å². The normalized spacial score (nSPS) is 19.2. The predicted octanol–water partition coefficient (Wildman–Crippen LogP) is 3.82. The Bertz CT molecular complexity index is 965. The molecule has 2 aromatic carbocycles. The number of hydrogen-bond acceptors (Lipinski definition) is 3. The zero-order chi connectivity index (χ0) is 19.0. The molecule has 1 aliphatic heterocycles. The van der Waals surface area contributed by atoms with Crippen molar-refractivity contribution < 1.29 is 9.53 Å². The minimum atomic E-state index is -0.342. The third-order valence-corrected chi connectivity index (χ3v) is 5.31. The van der Waals surface area contributed by atoms with Crippen molar-refractivity contribution in [2.24, 2.45) is 7.05 Å². The van der Waals surface area contributed by atoms with Crippen molar-refractivity contribution in [1.82, 2.24) is 14.9 Å². The number of fused-ring (bicyclic) bond motifs is 1. The van der Waals surface area contributed by atoms with Crippen LogP contribution in [0.1, 0.15) is 53.1 Å². The number of amides is 1. The van der Waals surface area contributed by atoms with Crippen LogP contribution in [0.5, 0.6) is 5.75 Å². The lowest BCUT2D eigenvalue weighted by Gasteiger charge is -2.20. The number of hydrogen-bond donors (Lipinski definition) is 1. The number of rotatable bonds is 4. The van der Waals surface area contributed by atoms with Gasteiger partial charge in [0.15, 0.2) is 0 Å². The van der Waals surface area contributed by atoms with E-state index >= 15 is 0 Å². The first-order valence-electron chi connectivity index (χ1n) is 9.19. The number of carbonyl (C=O) groups excluding carboxylic acids is 1. The summed E-state index contributed by atoms with van der Waals surface area (Å²) >= 11 is 0. The van der Waals surface area contributed by atoms with Crippen LogP contribution < -0.4 is 10.1 Å². The Hall–Kier alpha value is -3.08. The molecule has 0 saturated heterocycles. The minimum absolute atomic E-state index is 0.0633. The van der Waals surface area contributed by atoms with E-state index in [9.17, 15) is 4.79 Å². The molecular formula is C22H23N3O2. The van der Waals surface area contributed by atoms with E-state index in [1.54, 1.807) is 6.20 Å². The summed E-state index contributed by atoms with van der Waals surface area (Å²) in [5.74, 6) is 1.59. The highest BCUT2D eigenvalue weighted by molar-refractivity contribution is 5.98. The molecule has 0 radical (unpaired) electrons. The summed E-state index contributed by atoms with van der Waals surface area (Å²) in [6, 6.07) is 15.3. The molecule has 1 amide bonds. The van der Waals surface area contributed by atoms with E-state index in [4.69, 9.17) is 4.74 Å². The second kappa shape index (κ2) is 6.91. The number of nitrogens with zero attached hydrogens (tertiary/aromatic N) is 2. The third-order valence-electron chi connectivity index (χ3n) is 5.31. The van der Waals surface area contributed by atoms with Gasteiger partial charge in [-0.05, 0) is 18.6 Å². The summed E-state index contributed by atoms with van der Waals surface area (Å²) in [6.07, 6.45) is 3.68. The van der Waals surface area contributed by atoms with Crippen molar-refractivity contribution in [2.45, 2.75) is 31.9 Å². The van der Waals surface area contributed by atoms with Gasteiger partial charge in [-0.2, -0.15) is 0 Å². The SMILES string of the molecule is CC1Oc2c(C(=O)NC(c3ccccc3)c3nccn3C)cccc2C1C. The molecule has 3 aromatic rings. The van der Waals surface area contributed by atoms with Crippen LogP contribution in [0, 0.1) is 0 Å². The molecule has 2 heterocycles. The topological polar surface area (TPSA) is 56.1 Å². The Morgan fingerprint density at radius 2 is 1.93 bits per heavy atom. The van der Waals surface area contributed by atoms with Crippen LogP contribution in [-0.4, -0.2) is 21.6 Å². The number of ether oxygens (including phenoxy) is 1. The standard InChI is InChI=1S/C22H23N3O2/c1-14-15(2)27-20-17(14)10-7-11-18(20)22(26)24-19(16-8-5-4-6-9-16)21-23-12-13-25(21)3/h4-15,19H,1-3H3,(H,24,26). The van der Waals surface area contributed by atoms with Gasteiger partial charge >= 0.3 is 0 Å². The summed E-state index contributed by atoms with van der Waals surface area (Å²) in [5.41, 5.74) is 2.64. The van der Waals surface area contributed by atoms with Crippen LogP contribution >= 0.6 is 0 Å². The molecule has 5 heteroatoms. The van der Waals surface area contributed by atoms with Gasteiger partial charge < -0.3 is 14.6 Å². The van der Waals surface area contributed by atoms with Gasteiger partial charge in [0.1, 0.15) is 23.7 Å². The van der Waals surface area contributed by atoms with Gasteiger partial charge in [0.05, 0.1) is 5.56 Å². The van der Waals surface area contributed by atoms with E-state index in [-0.39, 0.29) is 24.0 Å². The summed E-state index contributed by atoms with van der Waals surface area (Å²) in [7, 11) is 1.93. The van der Waals surface area contributed by atoms with Crippen LogP contribution in [0.25, 0.3) is 0 Å².